The van der Waals surface area contributed by atoms with Gasteiger partial charge in [0.05, 0.1) is 0 Å². The third kappa shape index (κ3) is 0.692. The van der Waals surface area contributed by atoms with Gasteiger partial charge in [0.15, 0.2) is 0 Å². The van der Waals surface area contributed by atoms with Crippen molar-refractivity contribution >= 4 is 5.78 Å². The van der Waals surface area contributed by atoms with Gasteiger partial charge in [-0.3, -0.25) is 4.79 Å². The molecule has 0 amide bonds. The Morgan fingerprint density at radius 2 is 2.18 bits per heavy atom. The molecule has 1 heteroatoms. The highest BCUT2D eigenvalue weighted by Gasteiger charge is 2.66. The summed E-state index contributed by atoms with van der Waals surface area (Å²) in [7, 11) is 0. The van der Waals surface area contributed by atoms with Crippen molar-refractivity contribution in [3.8, 4) is 0 Å². The molecule has 62 valence electrons. The van der Waals surface area contributed by atoms with Crippen LogP contribution in [0.4, 0.5) is 0 Å². The fraction of sp³-hybridized carbons (Fsp3) is 0.900. The normalized spacial score (nSPS) is 48.2. The minimum Gasteiger partial charge on any atom is -0.299 e. The fourth-order valence-corrected chi connectivity index (χ4v) is 2.95. The smallest absolute Gasteiger partial charge is 0.139 e. The molecule has 0 radical (unpaired) electrons. The van der Waals surface area contributed by atoms with Crippen LogP contribution in [0.5, 0.6) is 0 Å². The minimum atomic E-state index is 0.152. The van der Waals surface area contributed by atoms with Gasteiger partial charge in [0, 0.05) is 11.8 Å². The van der Waals surface area contributed by atoms with Crippen molar-refractivity contribution in [2.45, 2.75) is 33.6 Å². The molecule has 0 saturated heterocycles. The molecule has 0 aromatic carbocycles. The number of ketones is 1. The van der Waals surface area contributed by atoms with Crippen molar-refractivity contribution in [2.24, 2.45) is 23.2 Å². The SMILES string of the molecule is CC(C)[C@@]12C[C@@H]1[C@H](C)CC2=O. The van der Waals surface area contributed by atoms with Crippen molar-refractivity contribution in [1.29, 1.82) is 0 Å². The van der Waals surface area contributed by atoms with Gasteiger partial charge in [-0.2, -0.15) is 0 Å². The lowest BCUT2D eigenvalue weighted by Crippen LogP contribution is -2.18. The van der Waals surface area contributed by atoms with E-state index in [2.05, 4.69) is 20.8 Å². The van der Waals surface area contributed by atoms with Gasteiger partial charge in [-0.05, 0) is 24.2 Å². The molecule has 0 spiro atoms. The minimum absolute atomic E-state index is 0.152. The molecule has 0 heterocycles. The summed E-state index contributed by atoms with van der Waals surface area (Å²) in [4.78, 5) is 11.6. The van der Waals surface area contributed by atoms with Gasteiger partial charge in [0.2, 0.25) is 0 Å². The zero-order valence-corrected chi connectivity index (χ0v) is 7.55. The molecule has 2 saturated carbocycles. The molecule has 1 nitrogen and oxygen atoms in total. The Labute approximate surface area is 68.2 Å². The van der Waals surface area contributed by atoms with Crippen LogP contribution in [0.3, 0.4) is 0 Å². The zero-order valence-electron chi connectivity index (χ0n) is 7.55. The summed E-state index contributed by atoms with van der Waals surface area (Å²) in [6, 6.07) is 0. The maximum atomic E-state index is 11.6. The lowest BCUT2D eigenvalue weighted by atomic mass is 9.89. The molecular weight excluding hydrogens is 136 g/mol. The molecule has 2 aliphatic rings. The van der Waals surface area contributed by atoms with Crippen LogP contribution in [0.15, 0.2) is 0 Å². The van der Waals surface area contributed by atoms with E-state index in [0.717, 1.165) is 12.3 Å². The molecule has 11 heavy (non-hydrogen) atoms. The Bertz CT molecular complexity index is 207. The molecule has 2 aliphatic carbocycles. The molecule has 2 rings (SSSR count). The monoisotopic (exact) mass is 152 g/mol. The summed E-state index contributed by atoms with van der Waals surface area (Å²) < 4.78 is 0. The fourth-order valence-electron chi connectivity index (χ4n) is 2.95. The number of fused-ring (bicyclic) bond motifs is 1. The molecule has 2 fully saturated rings. The van der Waals surface area contributed by atoms with Crippen molar-refractivity contribution in [3.05, 3.63) is 0 Å². The largest absolute Gasteiger partial charge is 0.299 e. The predicted molar refractivity (Wildman–Crippen MR) is 44.2 cm³/mol. The zero-order chi connectivity index (χ0) is 8.22. The van der Waals surface area contributed by atoms with E-state index in [0.29, 0.717) is 17.6 Å². The number of hydrogen-bond acceptors (Lipinski definition) is 1. The number of Topliss-reactive ketones (excluding diaryl/α,β-unsaturated/α-hetero) is 1. The van der Waals surface area contributed by atoms with Gasteiger partial charge in [-0.1, -0.05) is 20.8 Å². The third-order valence-corrected chi connectivity index (χ3v) is 3.80. The Morgan fingerprint density at radius 1 is 1.55 bits per heavy atom. The molecule has 3 atom stereocenters. The van der Waals surface area contributed by atoms with E-state index in [-0.39, 0.29) is 5.41 Å². The highest BCUT2D eigenvalue weighted by Crippen LogP contribution is 2.67. The number of rotatable bonds is 1. The van der Waals surface area contributed by atoms with Gasteiger partial charge in [0.25, 0.3) is 0 Å². The standard InChI is InChI=1S/C10H16O/c1-6(2)10-5-8(10)7(3)4-9(10)11/h6-8H,4-5H2,1-3H3/t7-,8-,10+/m1/s1. The first-order valence-electron chi connectivity index (χ1n) is 4.62. The molecule has 0 aromatic rings. The molecule has 0 aliphatic heterocycles. The van der Waals surface area contributed by atoms with Crippen LogP contribution in [0.1, 0.15) is 33.6 Å². The second-order valence-corrected chi connectivity index (χ2v) is 4.61. The lowest BCUT2D eigenvalue weighted by molar-refractivity contribution is -0.124. The Morgan fingerprint density at radius 3 is 2.36 bits per heavy atom. The third-order valence-electron chi connectivity index (χ3n) is 3.80. The Balaban J connectivity index is 2.26. The molecule has 0 unspecified atom stereocenters. The average Bonchev–Trinajstić information content (AvgIpc) is 2.56. The Kier molecular flexibility index (Phi) is 1.25. The Hall–Kier alpha value is -0.330. The van der Waals surface area contributed by atoms with E-state index in [1.807, 2.05) is 0 Å². The average molecular weight is 152 g/mol. The lowest BCUT2D eigenvalue weighted by Gasteiger charge is -2.14. The topological polar surface area (TPSA) is 17.1 Å². The van der Waals surface area contributed by atoms with Crippen molar-refractivity contribution in [1.82, 2.24) is 0 Å². The van der Waals surface area contributed by atoms with E-state index in [1.165, 1.54) is 6.42 Å². The van der Waals surface area contributed by atoms with Gasteiger partial charge < -0.3 is 0 Å². The van der Waals surface area contributed by atoms with Gasteiger partial charge in [-0.25, -0.2) is 0 Å². The van der Waals surface area contributed by atoms with Crippen molar-refractivity contribution in [3.63, 3.8) is 0 Å². The quantitative estimate of drug-likeness (QED) is 0.563. The number of hydrogen-bond donors (Lipinski definition) is 0. The van der Waals surface area contributed by atoms with Crippen LogP contribution in [0.25, 0.3) is 0 Å². The van der Waals surface area contributed by atoms with E-state index in [9.17, 15) is 4.79 Å². The van der Waals surface area contributed by atoms with Gasteiger partial charge in [-0.15, -0.1) is 0 Å². The van der Waals surface area contributed by atoms with Crippen LogP contribution in [0.2, 0.25) is 0 Å². The highest BCUT2D eigenvalue weighted by atomic mass is 16.1. The maximum absolute atomic E-state index is 11.6. The first-order chi connectivity index (χ1) is 5.09. The highest BCUT2D eigenvalue weighted by molar-refractivity contribution is 5.91. The van der Waals surface area contributed by atoms with Crippen LogP contribution >= 0.6 is 0 Å². The summed E-state index contributed by atoms with van der Waals surface area (Å²) in [5, 5.41) is 0. The molecule has 0 bridgehead atoms. The predicted octanol–water partition coefficient (Wildman–Crippen LogP) is 2.26. The molecule has 0 aromatic heterocycles. The summed E-state index contributed by atoms with van der Waals surface area (Å²) >= 11 is 0. The van der Waals surface area contributed by atoms with E-state index in [1.54, 1.807) is 0 Å². The summed E-state index contributed by atoms with van der Waals surface area (Å²) in [5.41, 5.74) is 0.152. The molecule has 0 N–H and O–H groups in total. The van der Waals surface area contributed by atoms with Crippen molar-refractivity contribution < 1.29 is 4.79 Å². The summed E-state index contributed by atoms with van der Waals surface area (Å²) in [5.74, 6) is 2.54. The van der Waals surface area contributed by atoms with Crippen LogP contribution in [-0.4, -0.2) is 5.78 Å². The number of carbonyl (C=O) groups is 1. The van der Waals surface area contributed by atoms with Crippen LogP contribution in [0, 0.1) is 23.2 Å². The second-order valence-electron chi connectivity index (χ2n) is 4.61. The van der Waals surface area contributed by atoms with Crippen LogP contribution in [-0.2, 0) is 4.79 Å². The van der Waals surface area contributed by atoms with Gasteiger partial charge in [0.1, 0.15) is 5.78 Å². The van der Waals surface area contributed by atoms with Crippen molar-refractivity contribution in [2.75, 3.05) is 0 Å². The first-order valence-corrected chi connectivity index (χ1v) is 4.62. The summed E-state index contributed by atoms with van der Waals surface area (Å²) in [6.45, 7) is 6.60. The van der Waals surface area contributed by atoms with Crippen LogP contribution < -0.4 is 0 Å². The second kappa shape index (κ2) is 1.88. The summed E-state index contributed by atoms with van der Waals surface area (Å²) in [6.07, 6.45) is 2.04. The van der Waals surface area contributed by atoms with E-state index in [4.69, 9.17) is 0 Å². The van der Waals surface area contributed by atoms with E-state index >= 15 is 0 Å². The number of carbonyl (C=O) groups excluding carboxylic acids is 1. The van der Waals surface area contributed by atoms with Gasteiger partial charge >= 0.3 is 0 Å². The van der Waals surface area contributed by atoms with E-state index < -0.39 is 0 Å². The molecular formula is C10H16O. The first kappa shape index (κ1) is 7.33. The maximum Gasteiger partial charge on any atom is 0.139 e.